The Balaban J connectivity index is 1.57. The molecule has 1 aromatic carbocycles. The third kappa shape index (κ3) is 5.22. The number of aromatic nitrogens is 4. The molecule has 35 heavy (non-hydrogen) atoms. The monoisotopic (exact) mass is 501 g/mol. The van der Waals surface area contributed by atoms with Crippen molar-refractivity contribution in [1.29, 1.82) is 0 Å². The first-order chi connectivity index (χ1) is 16.6. The summed E-state index contributed by atoms with van der Waals surface area (Å²) in [4.78, 5) is 38.2. The summed E-state index contributed by atoms with van der Waals surface area (Å²) < 4.78 is 17.6. The first kappa shape index (κ1) is 24.9. The Bertz CT molecular complexity index is 1160. The van der Waals surface area contributed by atoms with Crippen molar-refractivity contribution in [2.75, 3.05) is 13.7 Å². The van der Waals surface area contributed by atoms with Crippen LogP contribution in [0.2, 0.25) is 0 Å². The zero-order valence-electron chi connectivity index (χ0n) is 20.1. The van der Waals surface area contributed by atoms with Crippen LogP contribution in [-0.4, -0.2) is 73.7 Å². The summed E-state index contributed by atoms with van der Waals surface area (Å²) in [5.74, 6) is -0.569. The predicted molar refractivity (Wildman–Crippen MR) is 125 cm³/mol. The average molecular weight is 502 g/mol. The van der Waals surface area contributed by atoms with E-state index in [1.165, 1.54) is 25.8 Å². The van der Waals surface area contributed by atoms with Gasteiger partial charge in [-0.05, 0) is 54.3 Å². The number of hydrogen-bond donors (Lipinski definition) is 0. The minimum atomic E-state index is -0.601. The lowest BCUT2D eigenvalue weighted by Gasteiger charge is -2.51. The average Bonchev–Trinajstić information content (AvgIpc) is 3.24. The number of carbonyl (C=O) groups is 3. The van der Waals surface area contributed by atoms with E-state index in [0.717, 1.165) is 5.56 Å². The van der Waals surface area contributed by atoms with E-state index in [9.17, 15) is 14.4 Å². The SMILES string of the molecule is CO[C@H]1C(=O)N2C(c3nnnn3Cc3ccc(C(=O)OC(C)(C)C)cc3)C(COC(C)=O)=CS[C@@H]12. The van der Waals surface area contributed by atoms with Crippen LogP contribution < -0.4 is 0 Å². The second-order valence-corrected chi connectivity index (χ2v) is 10.2. The van der Waals surface area contributed by atoms with Gasteiger partial charge in [0.2, 0.25) is 0 Å². The van der Waals surface area contributed by atoms with Crippen molar-refractivity contribution >= 4 is 29.6 Å². The number of carbonyl (C=O) groups excluding carboxylic acids is 3. The van der Waals surface area contributed by atoms with Gasteiger partial charge in [-0.3, -0.25) is 9.59 Å². The number of tetrazole rings is 1. The standard InChI is InChI=1S/C23H27N5O6S/c1-13(29)33-11-16-12-35-21-18(32-5)20(30)28(21)17(16)19-24-25-26-27(19)10-14-6-8-15(9-7-14)22(31)34-23(2,3)4/h6-9,12,17-18,21H,10-11H2,1-5H3/t17?,18-,21-/m0/s1. The largest absolute Gasteiger partial charge is 0.461 e. The molecule has 3 heterocycles. The Morgan fingerprint density at radius 1 is 1.17 bits per heavy atom. The summed E-state index contributed by atoms with van der Waals surface area (Å²) in [6, 6.07) is 6.38. The smallest absolute Gasteiger partial charge is 0.338 e. The minimum Gasteiger partial charge on any atom is -0.461 e. The molecule has 1 saturated heterocycles. The number of amides is 1. The van der Waals surface area contributed by atoms with Gasteiger partial charge in [0.25, 0.3) is 5.91 Å². The van der Waals surface area contributed by atoms with Gasteiger partial charge >= 0.3 is 11.9 Å². The minimum absolute atomic E-state index is 0.0125. The molecule has 0 aliphatic carbocycles. The van der Waals surface area contributed by atoms with Crippen LogP contribution in [0.25, 0.3) is 0 Å². The highest BCUT2D eigenvalue weighted by Crippen LogP contribution is 2.46. The summed E-state index contributed by atoms with van der Waals surface area (Å²) in [5, 5.41) is 13.8. The lowest BCUT2D eigenvalue weighted by atomic mass is 9.99. The van der Waals surface area contributed by atoms with Crippen LogP contribution in [0, 0.1) is 0 Å². The molecular formula is C23H27N5O6S. The molecule has 1 fully saturated rings. The molecule has 2 aliphatic heterocycles. The topological polar surface area (TPSA) is 126 Å². The van der Waals surface area contributed by atoms with Crippen molar-refractivity contribution in [3.63, 3.8) is 0 Å². The van der Waals surface area contributed by atoms with Crippen molar-refractivity contribution in [2.45, 2.75) is 57.4 Å². The molecule has 1 aromatic heterocycles. The van der Waals surface area contributed by atoms with Crippen LogP contribution in [0.5, 0.6) is 0 Å². The normalized spacial score (nSPS) is 21.6. The van der Waals surface area contributed by atoms with E-state index < -0.39 is 29.7 Å². The van der Waals surface area contributed by atoms with Crippen LogP contribution in [0.15, 0.2) is 35.2 Å². The third-order valence-electron chi connectivity index (χ3n) is 5.44. The highest BCUT2D eigenvalue weighted by molar-refractivity contribution is 8.02. The molecule has 186 valence electrons. The van der Waals surface area contributed by atoms with Crippen molar-refractivity contribution in [3.8, 4) is 0 Å². The second kappa shape index (κ2) is 9.78. The second-order valence-electron chi connectivity index (χ2n) is 9.20. The maximum absolute atomic E-state index is 12.8. The lowest BCUT2D eigenvalue weighted by molar-refractivity contribution is -0.166. The molecule has 1 amide bonds. The molecule has 1 unspecified atom stereocenters. The molecule has 4 rings (SSSR count). The Morgan fingerprint density at radius 3 is 2.51 bits per heavy atom. The zero-order chi connectivity index (χ0) is 25.3. The van der Waals surface area contributed by atoms with Crippen LogP contribution in [0.1, 0.15) is 55.5 Å². The molecular weight excluding hydrogens is 474 g/mol. The van der Waals surface area contributed by atoms with E-state index in [1.54, 1.807) is 33.8 Å². The molecule has 0 radical (unpaired) electrons. The molecule has 0 N–H and O–H groups in total. The van der Waals surface area contributed by atoms with E-state index >= 15 is 0 Å². The fraction of sp³-hybridized carbons (Fsp3) is 0.478. The highest BCUT2D eigenvalue weighted by atomic mass is 32.2. The van der Waals surface area contributed by atoms with Crippen molar-refractivity contribution < 1.29 is 28.6 Å². The Kier molecular flexibility index (Phi) is 6.95. The third-order valence-corrected chi connectivity index (χ3v) is 6.63. The van der Waals surface area contributed by atoms with E-state index in [-0.39, 0.29) is 17.9 Å². The van der Waals surface area contributed by atoms with Crippen LogP contribution in [0.3, 0.4) is 0 Å². The zero-order valence-corrected chi connectivity index (χ0v) is 20.9. The van der Waals surface area contributed by atoms with E-state index in [0.29, 0.717) is 23.5 Å². The first-order valence-corrected chi connectivity index (χ1v) is 11.9. The Hall–Kier alpha value is -3.25. The summed E-state index contributed by atoms with van der Waals surface area (Å²) in [6.07, 6.45) is -0.557. The van der Waals surface area contributed by atoms with Gasteiger partial charge in [0.05, 0.1) is 12.1 Å². The number of nitrogens with zero attached hydrogens (tertiary/aromatic N) is 5. The van der Waals surface area contributed by atoms with Gasteiger partial charge < -0.3 is 19.1 Å². The number of β-lactam (4-membered cyclic amide) rings is 1. The number of rotatable bonds is 7. The van der Waals surface area contributed by atoms with E-state index in [1.807, 2.05) is 26.2 Å². The number of benzene rings is 1. The fourth-order valence-electron chi connectivity index (χ4n) is 3.85. The molecule has 3 atom stereocenters. The van der Waals surface area contributed by atoms with Crippen LogP contribution >= 0.6 is 11.8 Å². The summed E-state index contributed by atoms with van der Waals surface area (Å²) >= 11 is 1.43. The molecule has 2 aromatic rings. The molecule has 12 heteroatoms. The maximum atomic E-state index is 12.8. The first-order valence-electron chi connectivity index (χ1n) is 11.0. The summed E-state index contributed by atoms with van der Waals surface area (Å²) in [6.45, 7) is 7.09. The van der Waals surface area contributed by atoms with Crippen LogP contribution in [-0.2, 0) is 30.3 Å². The van der Waals surface area contributed by atoms with Crippen molar-refractivity contribution in [1.82, 2.24) is 25.1 Å². The molecule has 2 aliphatic rings. The number of ether oxygens (including phenoxy) is 3. The van der Waals surface area contributed by atoms with Crippen LogP contribution in [0.4, 0.5) is 0 Å². The fourth-order valence-corrected chi connectivity index (χ4v) is 5.09. The molecule has 0 spiro atoms. The summed E-state index contributed by atoms with van der Waals surface area (Å²) in [7, 11) is 1.50. The predicted octanol–water partition coefficient (Wildman–Crippen LogP) is 2.09. The Labute approximate surface area is 206 Å². The quantitative estimate of drug-likeness (QED) is 0.411. The number of esters is 2. The number of hydrogen-bond acceptors (Lipinski definition) is 10. The van der Waals surface area contributed by atoms with Gasteiger partial charge in [-0.2, -0.15) is 0 Å². The number of thioether (sulfide) groups is 1. The molecule has 0 saturated carbocycles. The van der Waals surface area contributed by atoms with Gasteiger partial charge in [0.1, 0.15) is 23.6 Å². The van der Waals surface area contributed by atoms with Gasteiger partial charge in [-0.1, -0.05) is 12.1 Å². The molecule has 11 nitrogen and oxygen atoms in total. The summed E-state index contributed by atoms with van der Waals surface area (Å²) in [5.41, 5.74) is 1.40. The molecule has 0 bridgehead atoms. The van der Waals surface area contributed by atoms with Crippen molar-refractivity contribution in [3.05, 3.63) is 52.2 Å². The highest BCUT2D eigenvalue weighted by Gasteiger charge is 2.55. The van der Waals surface area contributed by atoms with Gasteiger partial charge in [0, 0.05) is 19.6 Å². The van der Waals surface area contributed by atoms with Gasteiger partial charge in [0.15, 0.2) is 11.9 Å². The van der Waals surface area contributed by atoms with Gasteiger partial charge in [-0.25, -0.2) is 9.48 Å². The van der Waals surface area contributed by atoms with E-state index in [4.69, 9.17) is 14.2 Å². The van der Waals surface area contributed by atoms with E-state index in [2.05, 4.69) is 15.5 Å². The number of methoxy groups -OCH3 is 1. The van der Waals surface area contributed by atoms with Gasteiger partial charge in [-0.15, -0.1) is 16.9 Å². The lowest BCUT2D eigenvalue weighted by Crippen LogP contribution is -2.66. The van der Waals surface area contributed by atoms with Crippen molar-refractivity contribution in [2.24, 2.45) is 0 Å². The maximum Gasteiger partial charge on any atom is 0.338 e. The number of fused-ring (bicyclic) bond motifs is 1. The Morgan fingerprint density at radius 2 is 1.89 bits per heavy atom.